The summed E-state index contributed by atoms with van der Waals surface area (Å²) in [6, 6.07) is 0.757. The Morgan fingerprint density at radius 1 is 1.14 bits per heavy atom. The van der Waals surface area contributed by atoms with Crippen molar-refractivity contribution < 1.29 is 0 Å². The van der Waals surface area contributed by atoms with E-state index in [0.717, 1.165) is 29.7 Å². The van der Waals surface area contributed by atoms with Gasteiger partial charge in [-0.25, -0.2) is 0 Å². The van der Waals surface area contributed by atoms with Crippen molar-refractivity contribution in [2.75, 3.05) is 6.54 Å². The molecular formula is C13H25N. The minimum Gasteiger partial charge on any atom is -0.314 e. The number of hydrogen-bond donors (Lipinski definition) is 1. The van der Waals surface area contributed by atoms with Crippen molar-refractivity contribution in [3.05, 3.63) is 0 Å². The smallest absolute Gasteiger partial charge is 0.00698 e. The molecule has 14 heavy (non-hydrogen) atoms. The van der Waals surface area contributed by atoms with Crippen LogP contribution in [0.4, 0.5) is 0 Å². The first kappa shape index (κ1) is 10.5. The normalized spacial score (nSPS) is 38.1. The van der Waals surface area contributed by atoms with Crippen LogP contribution in [0.2, 0.25) is 0 Å². The highest BCUT2D eigenvalue weighted by molar-refractivity contribution is 4.93. The van der Waals surface area contributed by atoms with Crippen LogP contribution in [0.1, 0.15) is 46.5 Å². The second kappa shape index (κ2) is 4.22. The molecule has 2 aliphatic carbocycles. The van der Waals surface area contributed by atoms with Gasteiger partial charge in [0.2, 0.25) is 0 Å². The molecule has 4 atom stereocenters. The molecule has 2 aliphatic rings. The zero-order valence-corrected chi connectivity index (χ0v) is 9.92. The largest absolute Gasteiger partial charge is 0.314 e. The minimum atomic E-state index is 0.757. The highest BCUT2D eigenvalue weighted by atomic mass is 14.9. The molecule has 1 heteroatoms. The summed E-state index contributed by atoms with van der Waals surface area (Å²) >= 11 is 0. The molecule has 0 heterocycles. The van der Waals surface area contributed by atoms with E-state index in [1.807, 2.05) is 0 Å². The lowest BCUT2D eigenvalue weighted by atomic mass is 9.84. The molecule has 0 aliphatic heterocycles. The Hall–Kier alpha value is -0.0400. The minimum absolute atomic E-state index is 0.757. The highest BCUT2D eigenvalue weighted by Gasteiger charge is 2.41. The summed E-state index contributed by atoms with van der Waals surface area (Å²) in [5.41, 5.74) is 0. The maximum atomic E-state index is 3.71. The van der Waals surface area contributed by atoms with E-state index in [2.05, 4.69) is 26.1 Å². The third kappa shape index (κ3) is 2.13. The van der Waals surface area contributed by atoms with E-state index in [-0.39, 0.29) is 0 Å². The third-order valence-corrected chi connectivity index (χ3v) is 4.28. The monoisotopic (exact) mass is 195 g/mol. The Labute approximate surface area is 88.7 Å². The second-order valence-corrected chi connectivity index (χ2v) is 5.93. The fourth-order valence-electron chi connectivity index (χ4n) is 3.48. The van der Waals surface area contributed by atoms with Crippen LogP contribution in [0.25, 0.3) is 0 Å². The molecule has 2 saturated carbocycles. The molecule has 2 bridgehead atoms. The maximum Gasteiger partial charge on any atom is 0.00698 e. The predicted molar refractivity (Wildman–Crippen MR) is 61.2 cm³/mol. The Morgan fingerprint density at radius 2 is 1.93 bits per heavy atom. The van der Waals surface area contributed by atoms with E-state index in [0.29, 0.717) is 0 Å². The Kier molecular flexibility index (Phi) is 3.16. The molecule has 1 nitrogen and oxygen atoms in total. The molecular weight excluding hydrogens is 170 g/mol. The van der Waals surface area contributed by atoms with Gasteiger partial charge in [0.05, 0.1) is 0 Å². The quantitative estimate of drug-likeness (QED) is 0.727. The first-order valence-corrected chi connectivity index (χ1v) is 6.40. The molecule has 1 N–H and O–H groups in total. The first-order valence-electron chi connectivity index (χ1n) is 6.40. The lowest BCUT2D eigenvalue weighted by Crippen LogP contribution is -2.38. The van der Waals surface area contributed by atoms with Crippen LogP contribution in [-0.2, 0) is 0 Å². The van der Waals surface area contributed by atoms with Gasteiger partial charge in [0, 0.05) is 6.04 Å². The highest BCUT2D eigenvalue weighted by Crippen LogP contribution is 2.49. The lowest BCUT2D eigenvalue weighted by molar-refractivity contribution is 0.255. The van der Waals surface area contributed by atoms with Crippen molar-refractivity contribution in [1.29, 1.82) is 0 Å². The molecule has 0 aromatic carbocycles. The molecule has 82 valence electrons. The molecule has 0 radical (unpaired) electrons. The van der Waals surface area contributed by atoms with E-state index >= 15 is 0 Å². The maximum absolute atomic E-state index is 3.71. The van der Waals surface area contributed by atoms with E-state index < -0.39 is 0 Å². The Bertz CT molecular complexity index is 188. The lowest BCUT2D eigenvalue weighted by Gasteiger charge is -2.29. The van der Waals surface area contributed by atoms with Gasteiger partial charge in [-0.2, -0.15) is 0 Å². The molecule has 0 unspecified atom stereocenters. The summed E-state index contributed by atoms with van der Waals surface area (Å²) in [6.45, 7) is 8.17. The van der Waals surface area contributed by atoms with Crippen molar-refractivity contribution in [3.8, 4) is 0 Å². The Morgan fingerprint density at radius 3 is 2.43 bits per heavy atom. The summed E-state index contributed by atoms with van der Waals surface area (Å²) in [4.78, 5) is 0. The number of hydrogen-bond acceptors (Lipinski definition) is 1. The van der Waals surface area contributed by atoms with Gasteiger partial charge in [0.25, 0.3) is 0 Å². The molecule has 0 spiro atoms. The van der Waals surface area contributed by atoms with Crippen molar-refractivity contribution in [1.82, 2.24) is 5.32 Å². The van der Waals surface area contributed by atoms with Crippen LogP contribution in [0.3, 0.4) is 0 Å². The number of nitrogens with one attached hydrogen (secondary N) is 1. The topological polar surface area (TPSA) is 12.0 Å². The fourth-order valence-corrected chi connectivity index (χ4v) is 3.48. The number of fused-ring (bicyclic) bond motifs is 2. The molecule has 0 aromatic rings. The third-order valence-electron chi connectivity index (χ3n) is 4.28. The van der Waals surface area contributed by atoms with Gasteiger partial charge in [-0.1, -0.05) is 20.3 Å². The van der Waals surface area contributed by atoms with Gasteiger partial charge in [0.1, 0.15) is 0 Å². The summed E-state index contributed by atoms with van der Waals surface area (Å²) in [6.07, 6.45) is 6.09. The van der Waals surface area contributed by atoms with Crippen LogP contribution in [0.5, 0.6) is 0 Å². The van der Waals surface area contributed by atoms with Crippen molar-refractivity contribution >= 4 is 0 Å². The fraction of sp³-hybridized carbons (Fsp3) is 1.00. The van der Waals surface area contributed by atoms with Gasteiger partial charge >= 0.3 is 0 Å². The van der Waals surface area contributed by atoms with Crippen LogP contribution in [0, 0.1) is 23.7 Å². The van der Waals surface area contributed by atoms with E-state index in [9.17, 15) is 0 Å². The molecule has 2 fully saturated rings. The zero-order chi connectivity index (χ0) is 10.1. The van der Waals surface area contributed by atoms with E-state index in [1.165, 1.54) is 25.8 Å². The summed E-state index contributed by atoms with van der Waals surface area (Å²) in [5.74, 6) is 3.94. The summed E-state index contributed by atoms with van der Waals surface area (Å²) < 4.78 is 0. The average Bonchev–Trinajstić information content (AvgIpc) is 2.74. The molecule has 0 aromatic heterocycles. The van der Waals surface area contributed by atoms with Crippen molar-refractivity contribution in [2.45, 2.75) is 52.5 Å². The molecule has 2 rings (SSSR count). The Balaban J connectivity index is 1.78. The van der Waals surface area contributed by atoms with Gasteiger partial charge in [0.15, 0.2) is 0 Å². The van der Waals surface area contributed by atoms with Crippen LogP contribution in [0.15, 0.2) is 0 Å². The summed E-state index contributed by atoms with van der Waals surface area (Å²) in [5, 5.41) is 3.71. The van der Waals surface area contributed by atoms with Crippen molar-refractivity contribution in [2.24, 2.45) is 23.7 Å². The van der Waals surface area contributed by atoms with Gasteiger partial charge in [-0.05, 0) is 56.4 Å². The van der Waals surface area contributed by atoms with Gasteiger partial charge in [-0.15, -0.1) is 0 Å². The van der Waals surface area contributed by atoms with Crippen LogP contribution in [-0.4, -0.2) is 12.6 Å². The second-order valence-electron chi connectivity index (χ2n) is 5.93. The van der Waals surface area contributed by atoms with Crippen molar-refractivity contribution in [3.63, 3.8) is 0 Å². The standard InChI is InChI=1S/C13H25N/c1-9(2)8-14-10(3)13-7-11-4-5-12(13)6-11/h9-14H,4-8H2,1-3H3/t10-,11-,12-,13+/m0/s1. The first-order chi connectivity index (χ1) is 6.66. The zero-order valence-electron chi connectivity index (χ0n) is 9.92. The molecule has 0 saturated heterocycles. The van der Waals surface area contributed by atoms with Crippen LogP contribution < -0.4 is 5.32 Å². The molecule has 0 amide bonds. The van der Waals surface area contributed by atoms with E-state index in [1.54, 1.807) is 6.42 Å². The predicted octanol–water partition coefficient (Wildman–Crippen LogP) is 3.06. The van der Waals surface area contributed by atoms with Gasteiger partial charge in [-0.3, -0.25) is 0 Å². The summed E-state index contributed by atoms with van der Waals surface area (Å²) in [7, 11) is 0. The number of rotatable bonds is 4. The van der Waals surface area contributed by atoms with Gasteiger partial charge < -0.3 is 5.32 Å². The average molecular weight is 195 g/mol. The van der Waals surface area contributed by atoms with Crippen LogP contribution >= 0.6 is 0 Å². The SMILES string of the molecule is CC(C)CN[C@@H](C)[C@H]1C[C@H]2CC[C@H]1C2. The van der Waals surface area contributed by atoms with E-state index in [4.69, 9.17) is 0 Å².